The van der Waals surface area contributed by atoms with Crippen LogP contribution in [0.5, 0.6) is 0 Å². The van der Waals surface area contributed by atoms with Crippen LogP contribution in [-0.4, -0.2) is 37.6 Å². The van der Waals surface area contributed by atoms with Crippen molar-refractivity contribution in [2.24, 2.45) is 0 Å². The average molecular weight is 262 g/mol. The van der Waals surface area contributed by atoms with Crippen LogP contribution in [0.1, 0.15) is 16.8 Å². The van der Waals surface area contributed by atoms with Crippen LogP contribution in [0.3, 0.4) is 0 Å². The predicted octanol–water partition coefficient (Wildman–Crippen LogP) is 0.456. The lowest BCUT2D eigenvalue weighted by molar-refractivity contribution is 0.0698. The summed E-state index contributed by atoms with van der Waals surface area (Å²) in [5, 5.41) is 19.5. The minimum absolute atomic E-state index is 0.0498. The number of nitrogens with two attached hydrogens (primary N) is 1. The summed E-state index contributed by atoms with van der Waals surface area (Å²) < 4.78 is 1.72. The van der Waals surface area contributed by atoms with Crippen LogP contribution in [0.15, 0.2) is 24.7 Å². The topological polar surface area (TPSA) is 119 Å². The van der Waals surface area contributed by atoms with E-state index in [1.165, 1.54) is 12.3 Å². The summed E-state index contributed by atoms with van der Waals surface area (Å²) in [6.07, 6.45) is 5.55. The van der Waals surface area contributed by atoms with E-state index in [1.54, 1.807) is 17.1 Å². The molecule has 0 fully saturated rings. The summed E-state index contributed by atoms with van der Waals surface area (Å²) in [6, 6.07) is 1.42. The second kappa shape index (κ2) is 5.80. The molecule has 0 aliphatic heterocycles. The normalized spacial score (nSPS) is 10.3. The van der Waals surface area contributed by atoms with Crippen molar-refractivity contribution in [1.29, 1.82) is 0 Å². The molecule has 2 heterocycles. The van der Waals surface area contributed by atoms with E-state index in [0.29, 0.717) is 12.4 Å². The number of carboxylic acid groups (broad SMARTS) is 1. The van der Waals surface area contributed by atoms with Crippen molar-refractivity contribution < 1.29 is 9.90 Å². The number of aromatic nitrogens is 4. The molecule has 0 saturated carbocycles. The number of nitrogens with one attached hydrogen (secondary N) is 1. The van der Waals surface area contributed by atoms with Gasteiger partial charge in [-0.15, -0.1) is 5.10 Å². The van der Waals surface area contributed by atoms with Crippen LogP contribution in [0.4, 0.5) is 11.5 Å². The highest BCUT2D eigenvalue weighted by molar-refractivity contribution is 5.94. The fraction of sp³-hybridized carbons (Fsp3) is 0.273. The third-order valence-electron chi connectivity index (χ3n) is 2.51. The standard InChI is InChI=1S/C11H14N6O2/c12-9-7-14-10(6-8(9)11(18)19)13-2-1-4-17-5-3-15-16-17/h3,5-7H,1-2,4,12H2,(H,13,14)(H,18,19). The summed E-state index contributed by atoms with van der Waals surface area (Å²) >= 11 is 0. The first kappa shape index (κ1) is 12.8. The summed E-state index contributed by atoms with van der Waals surface area (Å²) in [5.74, 6) is -0.573. The molecule has 8 nitrogen and oxygen atoms in total. The van der Waals surface area contributed by atoms with Crippen molar-refractivity contribution in [3.8, 4) is 0 Å². The largest absolute Gasteiger partial charge is 0.478 e. The summed E-state index contributed by atoms with van der Waals surface area (Å²) in [7, 11) is 0. The monoisotopic (exact) mass is 262 g/mol. The number of hydrogen-bond acceptors (Lipinski definition) is 6. The zero-order valence-corrected chi connectivity index (χ0v) is 10.2. The van der Waals surface area contributed by atoms with E-state index in [1.807, 2.05) is 0 Å². The van der Waals surface area contributed by atoms with E-state index in [2.05, 4.69) is 20.6 Å². The smallest absolute Gasteiger partial charge is 0.337 e. The first-order valence-electron chi connectivity index (χ1n) is 5.73. The number of nitrogen functional groups attached to an aromatic ring is 1. The number of aryl methyl sites for hydroxylation is 1. The maximum Gasteiger partial charge on any atom is 0.337 e. The number of aromatic carboxylic acids is 1. The van der Waals surface area contributed by atoms with Crippen molar-refractivity contribution in [3.63, 3.8) is 0 Å². The number of pyridine rings is 1. The fourth-order valence-electron chi connectivity index (χ4n) is 1.56. The van der Waals surface area contributed by atoms with Gasteiger partial charge in [-0.3, -0.25) is 4.68 Å². The highest BCUT2D eigenvalue weighted by atomic mass is 16.4. The number of carbonyl (C=O) groups is 1. The van der Waals surface area contributed by atoms with Crippen molar-refractivity contribution in [2.45, 2.75) is 13.0 Å². The maximum atomic E-state index is 10.9. The molecule has 0 bridgehead atoms. The van der Waals surface area contributed by atoms with Gasteiger partial charge < -0.3 is 16.2 Å². The molecular formula is C11H14N6O2. The lowest BCUT2D eigenvalue weighted by Gasteiger charge is -2.07. The summed E-state index contributed by atoms with van der Waals surface area (Å²) in [4.78, 5) is 14.9. The van der Waals surface area contributed by atoms with Gasteiger partial charge in [-0.2, -0.15) is 0 Å². The molecule has 0 spiro atoms. The molecule has 0 unspecified atom stereocenters. The molecule has 0 amide bonds. The van der Waals surface area contributed by atoms with Crippen molar-refractivity contribution >= 4 is 17.5 Å². The number of carboxylic acids is 1. The van der Waals surface area contributed by atoms with Crippen LogP contribution >= 0.6 is 0 Å². The molecule has 0 aliphatic rings. The zero-order chi connectivity index (χ0) is 13.7. The third-order valence-corrected chi connectivity index (χ3v) is 2.51. The summed E-state index contributed by atoms with van der Waals surface area (Å²) in [5.41, 5.74) is 5.72. The van der Waals surface area contributed by atoms with Gasteiger partial charge in [-0.05, 0) is 12.5 Å². The second-order valence-electron chi connectivity index (χ2n) is 3.91. The Morgan fingerprint density at radius 3 is 3.05 bits per heavy atom. The molecule has 0 aliphatic carbocycles. The predicted molar refractivity (Wildman–Crippen MR) is 68.7 cm³/mol. The molecule has 19 heavy (non-hydrogen) atoms. The van der Waals surface area contributed by atoms with E-state index in [4.69, 9.17) is 10.8 Å². The Balaban J connectivity index is 1.86. The van der Waals surface area contributed by atoms with Gasteiger partial charge in [0.1, 0.15) is 5.82 Å². The quantitative estimate of drug-likeness (QED) is 0.647. The highest BCUT2D eigenvalue weighted by Gasteiger charge is 2.09. The van der Waals surface area contributed by atoms with E-state index in [0.717, 1.165) is 13.0 Å². The first-order valence-corrected chi connectivity index (χ1v) is 5.73. The lowest BCUT2D eigenvalue weighted by atomic mass is 10.2. The Bertz CT molecular complexity index is 554. The Morgan fingerprint density at radius 1 is 1.53 bits per heavy atom. The molecule has 0 aromatic carbocycles. The summed E-state index contributed by atoms with van der Waals surface area (Å²) in [6.45, 7) is 1.38. The van der Waals surface area contributed by atoms with Crippen molar-refractivity contribution in [1.82, 2.24) is 20.0 Å². The van der Waals surface area contributed by atoms with Crippen LogP contribution in [0, 0.1) is 0 Å². The number of hydrogen-bond donors (Lipinski definition) is 3. The van der Waals surface area contributed by atoms with Gasteiger partial charge in [0.25, 0.3) is 0 Å². The SMILES string of the molecule is Nc1cnc(NCCCn2ccnn2)cc1C(=O)O. The molecule has 0 saturated heterocycles. The van der Waals surface area contributed by atoms with E-state index in [9.17, 15) is 4.79 Å². The van der Waals surface area contributed by atoms with Crippen LogP contribution in [0.25, 0.3) is 0 Å². The molecule has 100 valence electrons. The highest BCUT2D eigenvalue weighted by Crippen LogP contribution is 2.14. The zero-order valence-electron chi connectivity index (χ0n) is 10.2. The van der Waals surface area contributed by atoms with E-state index >= 15 is 0 Å². The molecule has 8 heteroatoms. The minimum atomic E-state index is -1.06. The van der Waals surface area contributed by atoms with E-state index in [-0.39, 0.29) is 11.3 Å². The van der Waals surface area contributed by atoms with Gasteiger partial charge in [0.15, 0.2) is 0 Å². The van der Waals surface area contributed by atoms with Crippen LogP contribution < -0.4 is 11.1 Å². The average Bonchev–Trinajstić information content (AvgIpc) is 2.89. The Hall–Kier alpha value is -2.64. The molecule has 4 N–H and O–H groups in total. The van der Waals surface area contributed by atoms with Crippen molar-refractivity contribution in [3.05, 3.63) is 30.2 Å². The Labute approximate surface area is 109 Å². The fourth-order valence-corrected chi connectivity index (χ4v) is 1.56. The van der Waals surface area contributed by atoms with Crippen LogP contribution in [-0.2, 0) is 6.54 Å². The lowest BCUT2D eigenvalue weighted by Crippen LogP contribution is -2.10. The molecular weight excluding hydrogens is 248 g/mol. The van der Waals surface area contributed by atoms with Gasteiger partial charge in [0, 0.05) is 19.3 Å². The molecule has 0 radical (unpaired) electrons. The van der Waals surface area contributed by atoms with Gasteiger partial charge in [0.05, 0.1) is 23.6 Å². The second-order valence-corrected chi connectivity index (χ2v) is 3.91. The van der Waals surface area contributed by atoms with Gasteiger partial charge in [-0.1, -0.05) is 5.21 Å². The van der Waals surface area contributed by atoms with Gasteiger partial charge in [-0.25, -0.2) is 9.78 Å². The maximum absolute atomic E-state index is 10.9. The third kappa shape index (κ3) is 3.41. The number of nitrogens with zero attached hydrogens (tertiary/aromatic N) is 4. The van der Waals surface area contributed by atoms with Crippen LogP contribution in [0.2, 0.25) is 0 Å². The van der Waals surface area contributed by atoms with Crippen molar-refractivity contribution in [2.75, 3.05) is 17.6 Å². The van der Waals surface area contributed by atoms with Gasteiger partial charge >= 0.3 is 5.97 Å². The molecule has 2 rings (SSSR count). The minimum Gasteiger partial charge on any atom is -0.478 e. The van der Waals surface area contributed by atoms with E-state index < -0.39 is 5.97 Å². The molecule has 0 atom stereocenters. The Kier molecular flexibility index (Phi) is 3.91. The number of rotatable bonds is 6. The molecule has 2 aromatic rings. The first-order chi connectivity index (χ1) is 9.16. The Morgan fingerprint density at radius 2 is 2.37 bits per heavy atom. The van der Waals surface area contributed by atoms with Gasteiger partial charge in [0.2, 0.25) is 0 Å². The molecule has 2 aromatic heterocycles. The number of anilines is 2.